The van der Waals surface area contributed by atoms with E-state index in [9.17, 15) is 9.59 Å². The molecule has 1 aliphatic heterocycles. The summed E-state index contributed by atoms with van der Waals surface area (Å²) in [6, 6.07) is 12.6. The van der Waals surface area contributed by atoms with Gasteiger partial charge < -0.3 is 14.5 Å². The van der Waals surface area contributed by atoms with Crippen molar-refractivity contribution < 1.29 is 14.3 Å². The van der Waals surface area contributed by atoms with Crippen LogP contribution in [0.5, 0.6) is 5.75 Å². The fraction of sp³-hybridized carbons (Fsp3) is 0.364. The van der Waals surface area contributed by atoms with Crippen LogP contribution < -0.4 is 4.74 Å². The number of aromatic nitrogens is 3. The zero-order chi connectivity index (χ0) is 21.3. The molecule has 1 aromatic heterocycles. The lowest BCUT2D eigenvalue weighted by Crippen LogP contribution is -2.60. The summed E-state index contributed by atoms with van der Waals surface area (Å²) in [6.45, 7) is 4.96. The van der Waals surface area contributed by atoms with E-state index in [0.29, 0.717) is 29.9 Å². The van der Waals surface area contributed by atoms with E-state index in [1.807, 2.05) is 47.9 Å². The summed E-state index contributed by atoms with van der Waals surface area (Å²) in [7, 11) is 1.61. The van der Waals surface area contributed by atoms with Gasteiger partial charge in [-0.05, 0) is 38.1 Å². The van der Waals surface area contributed by atoms with Crippen LogP contribution in [0.25, 0.3) is 11.0 Å². The largest absolute Gasteiger partial charge is 0.496 e. The van der Waals surface area contributed by atoms with Crippen LogP contribution in [0.4, 0.5) is 0 Å². The van der Waals surface area contributed by atoms with E-state index >= 15 is 0 Å². The summed E-state index contributed by atoms with van der Waals surface area (Å²) in [5.41, 5.74) is 2.82. The number of amides is 2. The maximum atomic E-state index is 13.1. The molecule has 30 heavy (non-hydrogen) atoms. The number of carbonyl (C=O) groups is 2. The number of piperazine rings is 1. The minimum absolute atomic E-state index is 0.0370. The Morgan fingerprint density at radius 1 is 1.03 bits per heavy atom. The average Bonchev–Trinajstić information content (AvgIpc) is 3.23. The third-order valence-corrected chi connectivity index (χ3v) is 5.94. The molecule has 1 saturated heterocycles. The summed E-state index contributed by atoms with van der Waals surface area (Å²) in [5.74, 6) is 0.689. The molecule has 1 N–H and O–H groups in total. The second-order valence-electron chi connectivity index (χ2n) is 7.58. The van der Waals surface area contributed by atoms with E-state index in [2.05, 4.69) is 15.4 Å². The number of para-hydroxylation sites is 1. The number of hydrogen-bond acceptors (Lipinski definition) is 5. The van der Waals surface area contributed by atoms with Crippen LogP contribution in [0.15, 0.2) is 42.5 Å². The quantitative estimate of drug-likeness (QED) is 0.716. The van der Waals surface area contributed by atoms with Crippen molar-refractivity contribution in [2.45, 2.75) is 32.4 Å². The molecule has 2 heterocycles. The molecule has 4 rings (SSSR count). The second-order valence-corrected chi connectivity index (χ2v) is 7.58. The smallest absolute Gasteiger partial charge is 0.254 e. The predicted molar refractivity (Wildman–Crippen MR) is 112 cm³/mol. The monoisotopic (exact) mass is 407 g/mol. The maximum Gasteiger partial charge on any atom is 0.254 e. The molecule has 0 radical (unpaired) electrons. The fourth-order valence-corrected chi connectivity index (χ4v) is 4.03. The van der Waals surface area contributed by atoms with Gasteiger partial charge in [0.05, 0.1) is 13.5 Å². The Morgan fingerprint density at radius 2 is 1.73 bits per heavy atom. The molecule has 2 amide bonds. The van der Waals surface area contributed by atoms with Crippen LogP contribution in [0, 0.1) is 0 Å². The first kappa shape index (κ1) is 19.9. The van der Waals surface area contributed by atoms with Crippen molar-refractivity contribution in [3.8, 4) is 5.75 Å². The molecule has 156 valence electrons. The number of H-pyrrole nitrogens is 1. The topological polar surface area (TPSA) is 91.4 Å². The minimum atomic E-state index is -0.110. The molecule has 8 nitrogen and oxygen atoms in total. The van der Waals surface area contributed by atoms with Crippen molar-refractivity contribution in [1.82, 2.24) is 25.2 Å². The van der Waals surface area contributed by atoms with Gasteiger partial charge in [-0.1, -0.05) is 18.2 Å². The summed E-state index contributed by atoms with van der Waals surface area (Å²) < 4.78 is 5.37. The number of carbonyl (C=O) groups excluding carboxylic acids is 2. The second kappa shape index (κ2) is 8.14. The highest BCUT2D eigenvalue weighted by molar-refractivity contribution is 5.97. The molecule has 0 bridgehead atoms. The van der Waals surface area contributed by atoms with E-state index in [1.165, 1.54) is 0 Å². The lowest BCUT2D eigenvalue weighted by atomic mass is 10.0. The van der Waals surface area contributed by atoms with E-state index in [1.54, 1.807) is 25.3 Å². The SMILES string of the molecule is COc1ccccc1CC(=O)N1CCN(C(=O)c2ccc3n[nH]nc3c2)[C@H](C)[C@H]1C. The molecule has 1 aliphatic rings. The minimum Gasteiger partial charge on any atom is -0.496 e. The van der Waals surface area contributed by atoms with Gasteiger partial charge in [-0.3, -0.25) is 9.59 Å². The highest BCUT2D eigenvalue weighted by atomic mass is 16.5. The van der Waals surface area contributed by atoms with Crippen molar-refractivity contribution in [1.29, 1.82) is 0 Å². The summed E-state index contributed by atoms with van der Waals surface area (Å²) in [4.78, 5) is 29.8. The normalized spacial score (nSPS) is 19.2. The maximum absolute atomic E-state index is 13.1. The van der Waals surface area contributed by atoms with Crippen LogP contribution in [0.2, 0.25) is 0 Å². The van der Waals surface area contributed by atoms with Gasteiger partial charge in [0.2, 0.25) is 5.91 Å². The molecular weight excluding hydrogens is 382 g/mol. The molecule has 0 spiro atoms. The Morgan fingerprint density at radius 3 is 2.53 bits per heavy atom. The van der Waals surface area contributed by atoms with Crippen LogP contribution >= 0.6 is 0 Å². The van der Waals surface area contributed by atoms with E-state index in [0.717, 1.165) is 11.1 Å². The van der Waals surface area contributed by atoms with Gasteiger partial charge >= 0.3 is 0 Å². The highest BCUT2D eigenvalue weighted by Gasteiger charge is 2.36. The van der Waals surface area contributed by atoms with Crippen molar-refractivity contribution in [2.24, 2.45) is 0 Å². The van der Waals surface area contributed by atoms with Crippen molar-refractivity contribution >= 4 is 22.8 Å². The van der Waals surface area contributed by atoms with Gasteiger partial charge in [0.15, 0.2) is 0 Å². The molecule has 2 aromatic carbocycles. The number of aromatic amines is 1. The lowest BCUT2D eigenvalue weighted by Gasteiger charge is -2.45. The molecule has 1 fully saturated rings. The number of methoxy groups -OCH3 is 1. The Bertz CT molecular complexity index is 1080. The zero-order valence-electron chi connectivity index (χ0n) is 17.3. The van der Waals surface area contributed by atoms with Crippen LogP contribution in [-0.2, 0) is 11.2 Å². The molecule has 2 atom stereocenters. The van der Waals surface area contributed by atoms with Gasteiger partial charge in [0, 0.05) is 36.3 Å². The van der Waals surface area contributed by atoms with Gasteiger partial charge in [-0.15, -0.1) is 0 Å². The molecule has 0 saturated carbocycles. The number of nitrogens with zero attached hydrogens (tertiary/aromatic N) is 4. The molecule has 0 unspecified atom stereocenters. The Labute approximate surface area is 174 Å². The Hall–Kier alpha value is -3.42. The van der Waals surface area contributed by atoms with Gasteiger partial charge in [0.25, 0.3) is 5.91 Å². The molecule has 0 aliphatic carbocycles. The van der Waals surface area contributed by atoms with Crippen molar-refractivity contribution in [3.05, 3.63) is 53.6 Å². The first-order chi connectivity index (χ1) is 14.5. The van der Waals surface area contributed by atoms with Crippen LogP contribution in [0.3, 0.4) is 0 Å². The van der Waals surface area contributed by atoms with E-state index in [-0.39, 0.29) is 30.3 Å². The lowest BCUT2D eigenvalue weighted by molar-refractivity contribution is -0.136. The number of rotatable bonds is 4. The van der Waals surface area contributed by atoms with Crippen molar-refractivity contribution in [2.75, 3.05) is 20.2 Å². The van der Waals surface area contributed by atoms with Gasteiger partial charge in [-0.2, -0.15) is 15.4 Å². The number of ether oxygens (including phenoxy) is 1. The number of hydrogen-bond donors (Lipinski definition) is 1. The average molecular weight is 407 g/mol. The standard InChI is InChI=1S/C22H25N5O3/c1-14-15(2)27(22(29)17-8-9-18-19(12-17)24-25-23-18)11-10-26(14)21(28)13-16-6-4-5-7-20(16)30-3/h4-9,12,14-15H,10-11,13H2,1-3H3,(H,23,24,25)/t14-,15-/m1/s1. The third-order valence-electron chi connectivity index (χ3n) is 5.94. The van der Waals surface area contributed by atoms with E-state index in [4.69, 9.17) is 4.74 Å². The first-order valence-electron chi connectivity index (χ1n) is 10.0. The number of benzene rings is 2. The Kier molecular flexibility index (Phi) is 5.39. The zero-order valence-corrected chi connectivity index (χ0v) is 17.3. The summed E-state index contributed by atoms with van der Waals surface area (Å²) in [6.07, 6.45) is 0.276. The highest BCUT2D eigenvalue weighted by Crippen LogP contribution is 2.24. The molecular formula is C22H25N5O3. The molecule has 3 aromatic rings. The van der Waals surface area contributed by atoms with Gasteiger partial charge in [-0.25, -0.2) is 0 Å². The van der Waals surface area contributed by atoms with Gasteiger partial charge in [0.1, 0.15) is 16.8 Å². The first-order valence-corrected chi connectivity index (χ1v) is 10.0. The van der Waals surface area contributed by atoms with Crippen LogP contribution in [-0.4, -0.2) is 69.3 Å². The fourth-order valence-electron chi connectivity index (χ4n) is 4.03. The Balaban J connectivity index is 1.47. The van der Waals surface area contributed by atoms with Crippen molar-refractivity contribution in [3.63, 3.8) is 0 Å². The predicted octanol–water partition coefficient (Wildman–Crippen LogP) is 2.27. The van der Waals surface area contributed by atoms with Crippen LogP contribution in [0.1, 0.15) is 29.8 Å². The van der Waals surface area contributed by atoms with E-state index < -0.39 is 0 Å². The number of fused-ring (bicyclic) bond motifs is 1. The molecule has 8 heteroatoms. The summed E-state index contributed by atoms with van der Waals surface area (Å²) in [5, 5.41) is 10.6. The summed E-state index contributed by atoms with van der Waals surface area (Å²) >= 11 is 0. The third kappa shape index (κ3) is 3.60. The number of nitrogens with one attached hydrogen (secondary N) is 1.